The van der Waals surface area contributed by atoms with Gasteiger partial charge in [0.25, 0.3) is 0 Å². The van der Waals surface area contributed by atoms with Crippen molar-refractivity contribution in [1.29, 1.82) is 0 Å². The lowest BCUT2D eigenvalue weighted by molar-refractivity contribution is 0.457. The zero-order valence-corrected chi connectivity index (χ0v) is 8.90. The standard InChI is InChI=1S/C11H9ClN2O/c1-8-10(5-3-6-13-8)15-11-9(12)4-2-7-14-11/h2-7H,1H3. The summed E-state index contributed by atoms with van der Waals surface area (Å²) in [5.41, 5.74) is 0.805. The Morgan fingerprint density at radius 2 is 1.87 bits per heavy atom. The van der Waals surface area contributed by atoms with Crippen molar-refractivity contribution in [2.24, 2.45) is 0 Å². The van der Waals surface area contributed by atoms with E-state index in [1.165, 1.54) is 0 Å². The summed E-state index contributed by atoms with van der Waals surface area (Å²) >= 11 is 5.92. The third-order valence-corrected chi connectivity index (χ3v) is 2.18. The summed E-state index contributed by atoms with van der Waals surface area (Å²) in [5, 5.41) is 0.487. The Bertz CT molecular complexity index is 430. The minimum absolute atomic E-state index is 0.398. The van der Waals surface area contributed by atoms with Crippen LogP contribution in [0, 0.1) is 6.92 Å². The monoisotopic (exact) mass is 220 g/mol. The number of aryl methyl sites for hydroxylation is 1. The molecule has 0 unspecified atom stereocenters. The van der Waals surface area contributed by atoms with Gasteiger partial charge in [0.1, 0.15) is 5.02 Å². The van der Waals surface area contributed by atoms with Gasteiger partial charge in [-0.15, -0.1) is 0 Å². The molecule has 3 nitrogen and oxygen atoms in total. The fourth-order valence-electron chi connectivity index (χ4n) is 1.13. The van der Waals surface area contributed by atoms with Crippen LogP contribution in [-0.4, -0.2) is 9.97 Å². The molecular formula is C11H9ClN2O. The maximum atomic E-state index is 5.92. The van der Waals surface area contributed by atoms with Crippen LogP contribution in [0.3, 0.4) is 0 Å². The van der Waals surface area contributed by atoms with Crippen LogP contribution in [0.25, 0.3) is 0 Å². The largest absolute Gasteiger partial charge is 0.436 e. The maximum Gasteiger partial charge on any atom is 0.238 e. The van der Waals surface area contributed by atoms with E-state index in [9.17, 15) is 0 Å². The molecule has 0 aliphatic rings. The Kier molecular flexibility index (Phi) is 2.83. The summed E-state index contributed by atoms with van der Waals surface area (Å²) < 4.78 is 5.53. The molecular weight excluding hydrogens is 212 g/mol. The summed E-state index contributed by atoms with van der Waals surface area (Å²) in [6.07, 6.45) is 3.34. The molecule has 2 rings (SSSR count). The third-order valence-electron chi connectivity index (χ3n) is 1.89. The first-order valence-corrected chi connectivity index (χ1v) is 4.85. The van der Waals surface area contributed by atoms with Gasteiger partial charge in [0.05, 0.1) is 5.69 Å². The van der Waals surface area contributed by atoms with E-state index in [0.717, 1.165) is 5.69 Å². The molecule has 2 heterocycles. The fourth-order valence-corrected chi connectivity index (χ4v) is 1.29. The van der Waals surface area contributed by atoms with Crippen molar-refractivity contribution in [3.8, 4) is 11.6 Å². The second-order valence-electron chi connectivity index (χ2n) is 2.98. The Morgan fingerprint density at radius 1 is 1.13 bits per heavy atom. The fraction of sp³-hybridized carbons (Fsp3) is 0.0909. The normalized spacial score (nSPS) is 10.0. The maximum absolute atomic E-state index is 5.92. The van der Waals surface area contributed by atoms with E-state index in [-0.39, 0.29) is 0 Å². The van der Waals surface area contributed by atoms with Gasteiger partial charge in [-0.3, -0.25) is 4.98 Å². The number of hydrogen-bond acceptors (Lipinski definition) is 3. The SMILES string of the molecule is Cc1ncccc1Oc1ncccc1Cl. The highest BCUT2D eigenvalue weighted by Gasteiger charge is 2.05. The lowest BCUT2D eigenvalue weighted by atomic mass is 10.3. The Labute approximate surface area is 92.7 Å². The molecule has 0 aromatic carbocycles. The van der Waals surface area contributed by atoms with Crippen LogP contribution in [0.1, 0.15) is 5.69 Å². The van der Waals surface area contributed by atoms with Crippen LogP contribution < -0.4 is 4.74 Å². The second kappa shape index (κ2) is 4.28. The van der Waals surface area contributed by atoms with Crippen LogP contribution in [0.15, 0.2) is 36.7 Å². The minimum atomic E-state index is 0.398. The number of nitrogens with zero attached hydrogens (tertiary/aromatic N) is 2. The summed E-state index contributed by atoms with van der Waals surface area (Å²) in [4.78, 5) is 8.14. The molecule has 4 heteroatoms. The van der Waals surface area contributed by atoms with Crippen LogP contribution in [-0.2, 0) is 0 Å². The van der Waals surface area contributed by atoms with E-state index in [1.54, 1.807) is 30.6 Å². The van der Waals surface area contributed by atoms with E-state index in [0.29, 0.717) is 16.7 Å². The van der Waals surface area contributed by atoms with Crippen molar-refractivity contribution in [2.75, 3.05) is 0 Å². The lowest BCUT2D eigenvalue weighted by Gasteiger charge is -2.07. The first kappa shape index (κ1) is 9.93. The van der Waals surface area contributed by atoms with Crippen LogP contribution >= 0.6 is 11.6 Å². The molecule has 0 bridgehead atoms. The van der Waals surface area contributed by atoms with E-state index in [4.69, 9.17) is 16.3 Å². The molecule has 0 saturated heterocycles. The molecule has 0 aliphatic heterocycles. The van der Waals surface area contributed by atoms with Crippen molar-refractivity contribution in [2.45, 2.75) is 6.92 Å². The van der Waals surface area contributed by atoms with Gasteiger partial charge in [-0.05, 0) is 31.2 Å². The molecule has 0 saturated carbocycles. The van der Waals surface area contributed by atoms with E-state index in [2.05, 4.69) is 9.97 Å². The van der Waals surface area contributed by atoms with Crippen LogP contribution in [0.5, 0.6) is 11.6 Å². The van der Waals surface area contributed by atoms with Crippen molar-refractivity contribution in [3.05, 3.63) is 47.4 Å². The highest BCUT2D eigenvalue weighted by molar-refractivity contribution is 6.31. The molecule has 0 fully saturated rings. The number of halogens is 1. The quantitative estimate of drug-likeness (QED) is 0.780. The predicted octanol–water partition coefficient (Wildman–Crippen LogP) is 3.23. The molecule has 0 radical (unpaired) electrons. The third kappa shape index (κ3) is 2.25. The zero-order valence-electron chi connectivity index (χ0n) is 8.14. The summed E-state index contributed by atoms with van der Waals surface area (Å²) in [6, 6.07) is 7.12. The van der Waals surface area contributed by atoms with Crippen LogP contribution in [0.2, 0.25) is 5.02 Å². The highest BCUT2D eigenvalue weighted by Crippen LogP contribution is 2.27. The average Bonchev–Trinajstić information content (AvgIpc) is 2.24. The van der Waals surface area contributed by atoms with Gasteiger partial charge in [-0.2, -0.15) is 0 Å². The van der Waals surface area contributed by atoms with Crippen molar-refractivity contribution in [3.63, 3.8) is 0 Å². The number of aromatic nitrogens is 2. The molecule has 15 heavy (non-hydrogen) atoms. The van der Waals surface area contributed by atoms with Gasteiger partial charge in [-0.1, -0.05) is 11.6 Å². The number of rotatable bonds is 2. The Hall–Kier alpha value is -1.61. The van der Waals surface area contributed by atoms with E-state index >= 15 is 0 Å². The van der Waals surface area contributed by atoms with Gasteiger partial charge in [0.15, 0.2) is 5.75 Å². The number of pyridine rings is 2. The highest BCUT2D eigenvalue weighted by atomic mass is 35.5. The van der Waals surface area contributed by atoms with Gasteiger partial charge in [0.2, 0.25) is 5.88 Å². The van der Waals surface area contributed by atoms with E-state index < -0.39 is 0 Å². The molecule has 2 aromatic rings. The van der Waals surface area contributed by atoms with Crippen molar-refractivity contribution >= 4 is 11.6 Å². The predicted molar refractivity (Wildman–Crippen MR) is 58.3 cm³/mol. The van der Waals surface area contributed by atoms with Gasteiger partial charge in [0, 0.05) is 12.4 Å². The summed E-state index contributed by atoms with van der Waals surface area (Å²) in [6.45, 7) is 1.87. The van der Waals surface area contributed by atoms with Crippen molar-refractivity contribution in [1.82, 2.24) is 9.97 Å². The van der Waals surface area contributed by atoms with Crippen molar-refractivity contribution < 1.29 is 4.74 Å². The Morgan fingerprint density at radius 3 is 2.60 bits per heavy atom. The summed E-state index contributed by atoms with van der Waals surface area (Å²) in [5.74, 6) is 1.06. The molecule has 0 N–H and O–H groups in total. The average molecular weight is 221 g/mol. The molecule has 0 aliphatic carbocycles. The first-order chi connectivity index (χ1) is 7.27. The molecule has 76 valence electrons. The van der Waals surface area contributed by atoms with Gasteiger partial charge >= 0.3 is 0 Å². The minimum Gasteiger partial charge on any atom is -0.436 e. The van der Waals surface area contributed by atoms with Gasteiger partial charge in [-0.25, -0.2) is 4.98 Å². The Balaban J connectivity index is 2.30. The topological polar surface area (TPSA) is 35.0 Å². The smallest absolute Gasteiger partial charge is 0.238 e. The molecule has 0 spiro atoms. The first-order valence-electron chi connectivity index (χ1n) is 4.47. The summed E-state index contributed by atoms with van der Waals surface area (Å²) in [7, 11) is 0. The molecule has 2 aromatic heterocycles. The number of hydrogen-bond donors (Lipinski definition) is 0. The van der Waals surface area contributed by atoms with Crippen LogP contribution in [0.4, 0.5) is 0 Å². The lowest BCUT2D eigenvalue weighted by Crippen LogP contribution is -1.92. The van der Waals surface area contributed by atoms with E-state index in [1.807, 2.05) is 13.0 Å². The van der Waals surface area contributed by atoms with Gasteiger partial charge < -0.3 is 4.74 Å². The molecule has 0 atom stereocenters. The number of ether oxygens (including phenoxy) is 1. The zero-order chi connectivity index (χ0) is 10.7. The molecule has 0 amide bonds. The second-order valence-corrected chi connectivity index (χ2v) is 3.39.